The van der Waals surface area contributed by atoms with Gasteiger partial charge in [-0.1, -0.05) is 0 Å². The average molecular weight is 390 g/mol. The van der Waals surface area contributed by atoms with Crippen LogP contribution in [0.2, 0.25) is 0 Å². The van der Waals surface area contributed by atoms with Gasteiger partial charge in [0.25, 0.3) is 0 Å². The van der Waals surface area contributed by atoms with Crippen LogP contribution in [0.4, 0.5) is 14.7 Å². The van der Waals surface area contributed by atoms with Crippen molar-refractivity contribution in [3.8, 4) is 0 Å². The third kappa shape index (κ3) is 3.16. The maximum Gasteiger partial charge on any atom is 0.246 e. The number of piperidine rings is 1. The molecule has 1 N–H and O–H groups in total. The Morgan fingerprint density at radius 2 is 1.96 bits per heavy atom. The molecule has 1 spiro atoms. The first-order chi connectivity index (χ1) is 13.4. The van der Waals surface area contributed by atoms with E-state index in [0.29, 0.717) is 24.8 Å². The van der Waals surface area contributed by atoms with Gasteiger partial charge in [0.05, 0.1) is 18.9 Å². The monoisotopic (exact) mass is 390 g/mol. The number of anilines is 1. The van der Waals surface area contributed by atoms with E-state index in [0.717, 1.165) is 44.5 Å². The van der Waals surface area contributed by atoms with E-state index < -0.39 is 12.0 Å². The number of carbonyl (C=O) groups excluding carboxylic acids is 2. The molecule has 1 aromatic rings. The number of fused-ring (bicyclic) bond motifs is 2. The molecule has 0 aromatic carbocycles. The number of halogens is 2. The molecule has 1 aromatic heterocycles. The summed E-state index contributed by atoms with van der Waals surface area (Å²) >= 11 is 0. The summed E-state index contributed by atoms with van der Waals surface area (Å²) in [7, 11) is 0. The van der Waals surface area contributed by atoms with Gasteiger partial charge in [-0.2, -0.15) is 0 Å². The van der Waals surface area contributed by atoms with Crippen molar-refractivity contribution in [2.24, 2.45) is 29.1 Å². The van der Waals surface area contributed by atoms with Crippen LogP contribution < -0.4 is 5.32 Å². The van der Waals surface area contributed by atoms with Gasteiger partial charge < -0.3 is 4.90 Å². The fraction of sp³-hybridized carbons (Fsp3) is 0.700. The maximum atomic E-state index is 13.5. The SMILES string of the molecule is O=C(CN1CC2(CC2)C2C[C@@H](C3C[C@H]3F)CCC2C1=O)Nc1ncc(F)cn1. The molecule has 4 aliphatic rings. The molecule has 0 bridgehead atoms. The molecule has 3 unspecified atom stereocenters. The van der Waals surface area contributed by atoms with E-state index in [4.69, 9.17) is 0 Å². The largest absolute Gasteiger partial charge is 0.333 e. The predicted molar refractivity (Wildman–Crippen MR) is 96.2 cm³/mol. The summed E-state index contributed by atoms with van der Waals surface area (Å²) in [6.45, 7) is 0.560. The maximum absolute atomic E-state index is 13.5. The number of likely N-dealkylation sites (tertiary alicyclic amines) is 1. The van der Waals surface area contributed by atoms with E-state index in [1.807, 2.05) is 0 Å². The van der Waals surface area contributed by atoms with Crippen LogP contribution in [0.5, 0.6) is 0 Å². The summed E-state index contributed by atoms with van der Waals surface area (Å²) in [4.78, 5) is 34.5. The standard InChI is InChI=1S/C20H24F2N4O2/c21-12-7-23-19(24-8-12)25-17(27)9-26-10-20(3-4-20)15-5-11(14-6-16(14)22)1-2-13(15)18(26)28/h7-8,11,13-16H,1-6,9-10H2,(H,23,24,25,27)/t11-,13?,14?,15?,16+/m0/s1. The van der Waals surface area contributed by atoms with Crippen LogP contribution in [0.3, 0.4) is 0 Å². The van der Waals surface area contributed by atoms with Gasteiger partial charge in [0.15, 0.2) is 5.82 Å². The zero-order valence-electron chi connectivity index (χ0n) is 15.6. The Bertz CT molecular complexity index is 798. The Balaban J connectivity index is 1.25. The van der Waals surface area contributed by atoms with Gasteiger partial charge in [-0.05, 0) is 61.7 Å². The molecule has 2 amide bonds. The molecule has 150 valence electrons. The first kappa shape index (κ1) is 17.9. The van der Waals surface area contributed by atoms with Crippen molar-refractivity contribution < 1.29 is 18.4 Å². The Morgan fingerprint density at radius 3 is 2.61 bits per heavy atom. The van der Waals surface area contributed by atoms with Crippen molar-refractivity contribution in [3.05, 3.63) is 18.2 Å². The van der Waals surface area contributed by atoms with Gasteiger partial charge in [0.1, 0.15) is 6.17 Å². The summed E-state index contributed by atoms with van der Waals surface area (Å²) in [5, 5.41) is 2.53. The topological polar surface area (TPSA) is 75.2 Å². The van der Waals surface area contributed by atoms with Gasteiger partial charge in [0.2, 0.25) is 17.8 Å². The van der Waals surface area contributed by atoms with Gasteiger partial charge in [-0.25, -0.2) is 18.7 Å². The summed E-state index contributed by atoms with van der Waals surface area (Å²) in [5.74, 6) is 0.0566. The summed E-state index contributed by atoms with van der Waals surface area (Å²) in [6.07, 6.45) is 6.87. The smallest absolute Gasteiger partial charge is 0.246 e. The van der Waals surface area contributed by atoms with Crippen molar-refractivity contribution in [3.63, 3.8) is 0 Å². The Morgan fingerprint density at radius 1 is 1.25 bits per heavy atom. The highest BCUT2D eigenvalue weighted by molar-refractivity contribution is 5.94. The number of hydrogen-bond donors (Lipinski definition) is 1. The van der Waals surface area contributed by atoms with Crippen LogP contribution in [0.1, 0.15) is 38.5 Å². The van der Waals surface area contributed by atoms with Gasteiger partial charge in [-0.3, -0.25) is 14.9 Å². The molecule has 3 aliphatic carbocycles. The van der Waals surface area contributed by atoms with Gasteiger partial charge in [-0.15, -0.1) is 0 Å². The third-order valence-electron chi connectivity index (χ3n) is 7.27. The zero-order chi connectivity index (χ0) is 19.5. The lowest BCUT2D eigenvalue weighted by molar-refractivity contribution is -0.151. The van der Waals surface area contributed by atoms with Crippen molar-refractivity contribution in [1.82, 2.24) is 14.9 Å². The molecule has 2 heterocycles. The van der Waals surface area contributed by atoms with E-state index in [1.54, 1.807) is 4.90 Å². The normalized spacial score (nSPS) is 35.4. The van der Waals surface area contributed by atoms with E-state index in [1.165, 1.54) is 0 Å². The second kappa shape index (κ2) is 6.46. The summed E-state index contributed by atoms with van der Waals surface area (Å²) < 4.78 is 26.4. The number of rotatable bonds is 4. The molecule has 8 heteroatoms. The van der Waals surface area contributed by atoms with Gasteiger partial charge in [0, 0.05) is 12.5 Å². The first-order valence-electron chi connectivity index (χ1n) is 10.2. The summed E-state index contributed by atoms with van der Waals surface area (Å²) in [6, 6.07) is 0. The van der Waals surface area contributed by atoms with E-state index in [9.17, 15) is 18.4 Å². The van der Waals surface area contributed by atoms with Crippen molar-refractivity contribution >= 4 is 17.8 Å². The van der Waals surface area contributed by atoms with Crippen molar-refractivity contribution in [2.45, 2.75) is 44.7 Å². The minimum absolute atomic E-state index is 0.0283. The highest BCUT2D eigenvalue weighted by Crippen LogP contribution is 2.63. The Hall–Kier alpha value is -2.12. The average Bonchev–Trinajstić information content (AvgIpc) is 3.59. The molecule has 0 radical (unpaired) electrons. The van der Waals surface area contributed by atoms with Gasteiger partial charge >= 0.3 is 0 Å². The number of nitrogens with zero attached hydrogens (tertiary/aromatic N) is 3. The fourth-order valence-corrected chi connectivity index (χ4v) is 5.58. The Kier molecular flexibility index (Phi) is 4.14. The van der Waals surface area contributed by atoms with Crippen molar-refractivity contribution in [1.29, 1.82) is 0 Å². The molecule has 1 saturated heterocycles. The molecule has 3 saturated carbocycles. The first-order valence-corrected chi connectivity index (χ1v) is 10.2. The number of nitrogens with one attached hydrogen (secondary N) is 1. The minimum Gasteiger partial charge on any atom is -0.333 e. The van der Waals surface area contributed by atoms with Crippen LogP contribution in [-0.4, -0.2) is 45.9 Å². The van der Waals surface area contributed by atoms with E-state index >= 15 is 0 Å². The highest BCUT2D eigenvalue weighted by Gasteiger charge is 2.61. The van der Waals surface area contributed by atoms with Crippen LogP contribution >= 0.6 is 0 Å². The number of amides is 2. The molecule has 5 rings (SSSR count). The second-order valence-corrected chi connectivity index (χ2v) is 9.03. The quantitative estimate of drug-likeness (QED) is 0.857. The zero-order valence-corrected chi connectivity index (χ0v) is 15.6. The van der Waals surface area contributed by atoms with Crippen LogP contribution in [0, 0.1) is 34.9 Å². The molecule has 1 aliphatic heterocycles. The molecular weight excluding hydrogens is 366 g/mol. The predicted octanol–water partition coefficient (Wildman–Crippen LogP) is 2.57. The molecular formula is C20H24F2N4O2. The number of alkyl halides is 1. The molecule has 4 fully saturated rings. The number of hydrogen-bond acceptors (Lipinski definition) is 4. The fourth-order valence-electron chi connectivity index (χ4n) is 5.58. The number of carbonyl (C=O) groups is 2. The van der Waals surface area contributed by atoms with Crippen LogP contribution in [0.15, 0.2) is 12.4 Å². The van der Waals surface area contributed by atoms with E-state index in [-0.39, 0.29) is 41.6 Å². The lowest BCUT2D eigenvalue weighted by Crippen LogP contribution is -2.55. The van der Waals surface area contributed by atoms with Crippen LogP contribution in [-0.2, 0) is 9.59 Å². The Labute approximate surface area is 162 Å². The minimum atomic E-state index is -0.634. The lowest BCUT2D eigenvalue weighted by Gasteiger charge is -2.48. The molecule has 28 heavy (non-hydrogen) atoms. The molecule has 5 atom stereocenters. The number of aromatic nitrogens is 2. The summed E-state index contributed by atoms with van der Waals surface area (Å²) in [5.41, 5.74) is 0.116. The molecule has 6 nitrogen and oxygen atoms in total. The second-order valence-electron chi connectivity index (χ2n) is 9.03. The third-order valence-corrected chi connectivity index (χ3v) is 7.27. The van der Waals surface area contributed by atoms with Crippen LogP contribution in [0.25, 0.3) is 0 Å². The highest BCUT2D eigenvalue weighted by atomic mass is 19.1. The lowest BCUT2D eigenvalue weighted by atomic mass is 9.63. The van der Waals surface area contributed by atoms with E-state index in [2.05, 4.69) is 15.3 Å². The van der Waals surface area contributed by atoms with Crippen molar-refractivity contribution in [2.75, 3.05) is 18.4 Å².